The Kier molecular flexibility index (Phi) is 6.66. The molecule has 0 spiro atoms. The highest BCUT2D eigenvalue weighted by molar-refractivity contribution is 7.90. The lowest BCUT2D eigenvalue weighted by Crippen LogP contribution is -2.33. The molecule has 0 bridgehead atoms. The van der Waals surface area contributed by atoms with E-state index in [1.807, 2.05) is 13.0 Å². The van der Waals surface area contributed by atoms with Crippen molar-refractivity contribution in [3.05, 3.63) is 23.2 Å². The molecule has 1 aromatic carbocycles. The predicted octanol–water partition coefficient (Wildman–Crippen LogP) is 1.40. The summed E-state index contributed by atoms with van der Waals surface area (Å²) >= 11 is 1.69. The molecule has 0 aliphatic rings. The van der Waals surface area contributed by atoms with Crippen LogP contribution >= 0.6 is 11.3 Å². The summed E-state index contributed by atoms with van der Waals surface area (Å²) in [6.07, 6.45) is 1.24. The Morgan fingerprint density at radius 2 is 1.83 bits per heavy atom. The molecule has 0 atom stereocenters. The van der Waals surface area contributed by atoms with Crippen molar-refractivity contribution in [2.75, 3.05) is 12.9 Å². The molecule has 7 nitrogen and oxygen atoms in total. The summed E-state index contributed by atoms with van der Waals surface area (Å²) in [7, 11) is -7.54. The molecule has 0 radical (unpaired) electrons. The van der Waals surface area contributed by atoms with Crippen molar-refractivity contribution in [3.8, 4) is 0 Å². The highest BCUT2D eigenvalue weighted by atomic mass is 32.3. The van der Waals surface area contributed by atoms with Crippen LogP contribution in [-0.4, -0.2) is 34.3 Å². The zero-order chi connectivity index (χ0) is 17.8. The SMILES string of the molecule is CCOS(=O)(=O)[O-].CC[n+]1c(C)sc2ccc(S(C)(=O)=O)cc21. The summed E-state index contributed by atoms with van der Waals surface area (Å²) in [5.41, 5.74) is 1.01. The molecule has 0 saturated heterocycles. The molecule has 2 rings (SSSR count). The van der Waals surface area contributed by atoms with Crippen molar-refractivity contribution in [2.24, 2.45) is 0 Å². The lowest BCUT2D eigenvalue weighted by atomic mass is 10.3. The molecule has 0 unspecified atom stereocenters. The van der Waals surface area contributed by atoms with Gasteiger partial charge >= 0.3 is 0 Å². The van der Waals surface area contributed by atoms with Crippen LogP contribution in [0.1, 0.15) is 18.9 Å². The van der Waals surface area contributed by atoms with E-state index in [9.17, 15) is 21.4 Å². The van der Waals surface area contributed by atoms with E-state index in [-0.39, 0.29) is 6.61 Å². The summed E-state index contributed by atoms with van der Waals surface area (Å²) < 4.78 is 58.2. The van der Waals surface area contributed by atoms with Gasteiger partial charge in [-0.05, 0) is 26.0 Å². The Bertz CT molecular complexity index is 884. The van der Waals surface area contributed by atoms with Gasteiger partial charge in [0.15, 0.2) is 9.84 Å². The van der Waals surface area contributed by atoms with Crippen LogP contribution < -0.4 is 4.57 Å². The van der Waals surface area contributed by atoms with Crippen molar-refractivity contribution in [3.63, 3.8) is 0 Å². The van der Waals surface area contributed by atoms with Crippen LogP contribution in [0.15, 0.2) is 23.1 Å². The van der Waals surface area contributed by atoms with Gasteiger partial charge in [0, 0.05) is 19.2 Å². The number of nitrogens with zero attached hydrogens (tertiary/aromatic N) is 1. The summed E-state index contributed by atoms with van der Waals surface area (Å²) in [4.78, 5) is 0.389. The summed E-state index contributed by atoms with van der Waals surface area (Å²) in [6, 6.07) is 5.32. The van der Waals surface area contributed by atoms with E-state index >= 15 is 0 Å². The Morgan fingerprint density at radius 3 is 2.22 bits per heavy atom. The van der Waals surface area contributed by atoms with E-state index in [1.54, 1.807) is 23.5 Å². The normalized spacial score (nSPS) is 12.0. The van der Waals surface area contributed by atoms with Gasteiger partial charge in [-0.3, -0.25) is 4.18 Å². The standard InChI is InChI=1S/C11H14NO2S2.C2H6O4S/c1-4-12-8(2)15-11-6-5-9(7-10(11)12)16(3,13)14;1-2-6-7(3,4)5/h5-7H,4H2,1-3H3;2H2,1H3,(H,3,4,5)/q+1;/p-1. The van der Waals surface area contributed by atoms with Crippen LogP contribution in [0.25, 0.3) is 10.2 Å². The maximum atomic E-state index is 11.5. The molecule has 0 saturated carbocycles. The Labute approximate surface area is 140 Å². The first kappa shape index (κ1) is 20.0. The maximum absolute atomic E-state index is 11.5. The van der Waals surface area contributed by atoms with Gasteiger partial charge in [0.1, 0.15) is 11.2 Å². The summed E-state index contributed by atoms with van der Waals surface area (Å²) in [5.74, 6) is 0. The largest absolute Gasteiger partial charge is 0.726 e. The lowest BCUT2D eigenvalue weighted by Gasteiger charge is -2.02. The number of aryl methyl sites for hydroxylation is 2. The molecule has 1 heterocycles. The second kappa shape index (κ2) is 7.67. The molecule has 0 aliphatic carbocycles. The van der Waals surface area contributed by atoms with Crippen LogP contribution in [0, 0.1) is 6.92 Å². The molecule has 0 amide bonds. The van der Waals surface area contributed by atoms with E-state index in [0.29, 0.717) is 4.90 Å². The minimum absolute atomic E-state index is 0.0914. The van der Waals surface area contributed by atoms with Gasteiger partial charge in [-0.25, -0.2) is 16.8 Å². The fourth-order valence-corrected chi connectivity index (χ4v) is 3.94. The number of thiazole rings is 1. The van der Waals surface area contributed by atoms with Crippen LogP contribution in [0.3, 0.4) is 0 Å². The molecule has 130 valence electrons. The number of hydrogen-bond donors (Lipinski definition) is 0. The van der Waals surface area contributed by atoms with Crippen LogP contribution in [0.2, 0.25) is 0 Å². The Hall–Kier alpha value is -1.07. The minimum atomic E-state index is -4.42. The van der Waals surface area contributed by atoms with E-state index in [0.717, 1.165) is 16.8 Å². The van der Waals surface area contributed by atoms with E-state index in [2.05, 4.69) is 15.7 Å². The first-order valence-electron chi connectivity index (χ1n) is 6.72. The minimum Gasteiger partial charge on any atom is -0.726 e. The predicted molar refractivity (Wildman–Crippen MR) is 86.9 cm³/mol. The van der Waals surface area contributed by atoms with Crippen molar-refractivity contribution in [1.82, 2.24) is 0 Å². The molecular formula is C13H19NO6S3. The van der Waals surface area contributed by atoms with E-state index in [4.69, 9.17) is 0 Å². The zero-order valence-electron chi connectivity index (χ0n) is 13.3. The van der Waals surface area contributed by atoms with Gasteiger partial charge in [-0.1, -0.05) is 11.3 Å². The lowest BCUT2D eigenvalue weighted by molar-refractivity contribution is -0.669. The van der Waals surface area contributed by atoms with Gasteiger partial charge in [-0.2, -0.15) is 4.57 Å². The maximum Gasteiger partial charge on any atom is 0.235 e. The van der Waals surface area contributed by atoms with Crippen LogP contribution in [0.4, 0.5) is 0 Å². The van der Waals surface area contributed by atoms with E-state index in [1.165, 1.54) is 18.2 Å². The highest BCUT2D eigenvalue weighted by Gasteiger charge is 2.18. The summed E-state index contributed by atoms with van der Waals surface area (Å²) in [6.45, 7) is 6.31. The number of rotatable bonds is 4. The van der Waals surface area contributed by atoms with Gasteiger partial charge in [0.25, 0.3) is 0 Å². The first-order valence-corrected chi connectivity index (χ1v) is 10.8. The first-order chi connectivity index (χ1) is 10.5. The number of aromatic nitrogens is 1. The molecule has 1 aromatic heterocycles. The fourth-order valence-electron chi connectivity index (χ4n) is 1.95. The molecule has 10 heteroatoms. The Morgan fingerprint density at radius 1 is 1.22 bits per heavy atom. The van der Waals surface area contributed by atoms with Crippen molar-refractivity contribution in [1.29, 1.82) is 0 Å². The van der Waals surface area contributed by atoms with Gasteiger partial charge in [0.2, 0.25) is 20.9 Å². The Balaban J connectivity index is 0.000000322. The van der Waals surface area contributed by atoms with Crippen LogP contribution in [-0.2, 0) is 31.0 Å². The van der Waals surface area contributed by atoms with Crippen molar-refractivity contribution >= 4 is 41.8 Å². The molecule has 2 aromatic rings. The molecular weight excluding hydrogens is 362 g/mol. The quantitative estimate of drug-likeness (QED) is 0.450. The topological polar surface area (TPSA) is 104 Å². The van der Waals surface area contributed by atoms with Crippen molar-refractivity contribution in [2.45, 2.75) is 32.2 Å². The summed E-state index contributed by atoms with van der Waals surface area (Å²) in [5, 5.41) is 1.20. The monoisotopic (exact) mass is 381 g/mol. The molecule has 0 aliphatic heterocycles. The van der Waals surface area contributed by atoms with Gasteiger partial charge < -0.3 is 4.55 Å². The van der Waals surface area contributed by atoms with Gasteiger partial charge in [0.05, 0.1) is 11.5 Å². The third-order valence-electron chi connectivity index (χ3n) is 2.87. The second-order valence-corrected chi connectivity index (χ2v) is 8.88. The molecule has 0 fully saturated rings. The van der Waals surface area contributed by atoms with Gasteiger partial charge in [-0.15, -0.1) is 0 Å². The number of sulfone groups is 1. The molecule has 23 heavy (non-hydrogen) atoms. The average molecular weight is 381 g/mol. The molecule has 0 N–H and O–H groups in total. The number of fused-ring (bicyclic) bond motifs is 1. The smallest absolute Gasteiger partial charge is 0.235 e. The van der Waals surface area contributed by atoms with E-state index < -0.39 is 20.2 Å². The van der Waals surface area contributed by atoms with Crippen LogP contribution in [0.5, 0.6) is 0 Å². The zero-order valence-corrected chi connectivity index (χ0v) is 15.7. The van der Waals surface area contributed by atoms with Crippen molar-refractivity contribution < 1.29 is 30.1 Å². The third-order valence-corrected chi connectivity index (χ3v) is 5.58. The number of benzene rings is 1. The average Bonchev–Trinajstić information content (AvgIpc) is 2.71. The number of hydrogen-bond acceptors (Lipinski definition) is 7. The second-order valence-electron chi connectivity index (χ2n) is 4.58. The third kappa shape index (κ3) is 5.81. The highest BCUT2D eigenvalue weighted by Crippen LogP contribution is 2.23. The fraction of sp³-hybridized carbons (Fsp3) is 0.462.